The lowest BCUT2D eigenvalue weighted by atomic mass is 10.3. The van der Waals surface area contributed by atoms with Gasteiger partial charge in [-0.25, -0.2) is 9.97 Å². The van der Waals surface area contributed by atoms with Gasteiger partial charge in [0, 0.05) is 0 Å². The molecule has 1 N–H and O–H groups in total. The average molecular weight is 354 g/mol. The molecule has 0 saturated carbocycles. The van der Waals surface area contributed by atoms with Crippen LogP contribution in [0.5, 0.6) is 0 Å². The summed E-state index contributed by atoms with van der Waals surface area (Å²) in [5.41, 5.74) is 2.56. The van der Waals surface area contributed by atoms with E-state index in [9.17, 15) is 4.79 Å². The highest BCUT2D eigenvalue weighted by Crippen LogP contribution is 2.29. The second-order valence-corrected chi connectivity index (χ2v) is 6.67. The van der Waals surface area contributed by atoms with Crippen molar-refractivity contribution in [3.63, 3.8) is 0 Å². The number of aromatic nitrogens is 5. The Morgan fingerprint density at radius 2 is 2.12 bits per heavy atom. The fourth-order valence-electron chi connectivity index (χ4n) is 2.55. The molecular weight excluding hydrogens is 340 g/mol. The maximum atomic E-state index is 12.2. The van der Waals surface area contributed by atoms with E-state index in [2.05, 4.69) is 25.5 Å². The third-order valence-corrected chi connectivity index (χ3v) is 4.67. The zero-order valence-corrected chi connectivity index (χ0v) is 14.4. The van der Waals surface area contributed by atoms with E-state index in [1.165, 1.54) is 11.3 Å². The first-order valence-corrected chi connectivity index (χ1v) is 8.39. The van der Waals surface area contributed by atoms with Gasteiger partial charge in [0.25, 0.3) is 5.89 Å². The van der Waals surface area contributed by atoms with E-state index in [1.54, 1.807) is 10.9 Å². The van der Waals surface area contributed by atoms with Crippen LogP contribution in [-0.4, -0.2) is 30.6 Å². The molecule has 4 rings (SSSR count). The number of imidazole rings is 1. The van der Waals surface area contributed by atoms with Gasteiger partial charge >= 0.3 is 6.01 Å². The van der Waals surface area contributed by atoms with Crippen LogP contribution in [-0.2, 0) is 11.3 Å². The van der Waals surface area contributed by atoms with Crippen LogP contribution in [0.2, 0.25) is 0 Å². The normalized spacial score (nSPS) is 11.1. The monoisotopic (exact) mass is 354 g/mol. The van der Waals surface area contributed by atoms with Crippen molar-refractivity contribution in [1.29, 1.82) is 0 Å². The number of hydrogen-bond donors (Lipinski definition) is 1. The lowest BCUT2D eigenvalue weighted by Gasteiger charge is -2.03. The van der Waals surface area contributed by atoms with Crippen LogP contribution < -0.4 is 5.32 Å². The minimum atomic E-state index is -0.268. The van der Waals surface area contributed by atoms with E-state index in [0.717, 1.165) is 26.6 Å². The molecule has 9 heteroatoms. The van der Waals surface area contributed by atoms with Crippen LogP contribution in [0.25, 0.3) is 21.8 Å². The topological polar surface area (TPSA) is 98.7 Å². The number of rotatable bonds is 4. The van der Waals surface area contributed by atoms with E-state index in [0.29, 0.717) is 5.89 Å². The summed E-state index contributed by atoms with van der Waals surface area (Å²) >= 11 is 1.47. The Balaban J connectivity index is 1.49. The number of hydrogen-bond acceptors (Lipinski definition) is 7. The zero-order chi connectivity index (χ0) is 17.4. The number of fused-ring (bicyclic) bond motifs is 1. The third-order valence-electron chi connectivity index (χ3n) is 3.61. The van der Waals surface area contributed by atoms with Crippen molar-refractivity contribution in [1.82, 2.24) is 24.7 Å². The molecule has 0 radical (unpaired) electrons. The molecule has 0 atom stereocenters. The van der Waals surface area contributed by atoms with Crippen molar-refractivity contribution in [3.8, 4) is 10.8 Å². The van der Waals surface area contributed by atoms with Crippen molar-refractivity contribution >= 4 is 34.3 Å². The van der Waals surface area contributed by atoms with E-state index >= 15 is 0 Å². The van der Waals surface area contributed by atoms with Gasteiger partial charge in [0.2, 0.25) is 5.91 Å². The number of nitrogens with zero attached hydrogens (tertiary/aromatic N) is 5. The van der Waals surface area contributed by atoms with Crippen molar-refractivity contribution in [3.05, 3.63) is 41.3 Å². The predicted octanol–water partition coefficient (Wildman–Crippen LogP) is 2.80. The molecule has 0 bridgehead atoms. The Morgan fingerprint density at radius 1 is 1.28 bits per heavy atom. The summed E-state index contributed by atoms with van der Waals surface area (Å²) in [5, 5.41) is 11.4. The Kier molecular flexibility index (Phi) is 3.77. The number of benzene rings is 1. The van der Waals surface area contributed by atoms with Crippen LogP contribution in [0.4, 0.5) is 6.01 Å². The standard InChI is InChI=1S/C16H14N6O2S/c1-9-14(25-10(2)18-9)15-20-21-16(24-15)19-13(23)7-22-8-17-11-5-3-4-6-12(11)22/h3-6,8H,7H2,1-2H3,(H,19,21,23). The van der Waals surface area contributed by atoms with Crippen molar-refractivity contribution in [2.24, 2.45) is 0 Å². The second-order valence-electron chi connectivity index (χ2n) is 5.47. The molecule has 25 heavy (non-hydrogen) atoms. The number of nitrogens with one attached hydrogen (secondary N) is 1. The average Bonchev–Trinajstić information content (AvgIpc) is 3.27. The highest BCUT2D eigenvalue weighted by atomic mass is 32.1. The smallest absolute Gasteiger partial charge is 0.322 e. The number of carbonyl (C=O) groups excluding carboxylic acids is 1. The summed E-state index contributed by atoms with van der Waals surface area (Å²) in [4.78, 5) is 21.6. The van der Waals surface area contributed by atoms with Crippen LogP contribution in [0.3, 0.4) is 0 Å². The highest BCUT2D eigenvalue weighted by molar-refractivity contribution is 7.15. The van der Waals surface area contributed by atoms with Gasteiger partial charge in [-0.05, 0) is 26.0 Å². The second kappa shape index (κ2) is 6.10. The molecule has 4 aromatic rings. The molecule has 1 aromatic carbocycles. The molecule has 126 valence electrons. The molecule has 1 amide bonds. The van der Waals surface area contributed by atoms with Crippen molar-refractivity contribution in [2.75, 3.05) is 5.32 Å². The van der Waals surface area contributed by atoms with Gasteiger partial charge in [-0.3, -0.25) is 10.1 Å². The molecule has 0 aliphatic heterocycles. The van der Waals surface area contributed by atoms with E-state index < -0.39 is 0 Å². The SMILES string of the molecule is Cc1nc(C)c(-c2nnc(NC(=O)Cn3cnc4ccccc43)o2)s1. The molecule has 3 aromatic heterocycles. The lowest BCUT2D eigenvalue weighted by Crippen LogP contribution is -2.18. The third kappa shape index (κ3) is 3.01. The van der Waals surface area contributed by atoms with Gasteiger partial charge < -0.3 is 8.98 Å². The van der Waals surface area contributed by atoms with E-state index in [-0.39, 0.29) is 18.5 Å². The largest absolute Gasteiger partial charge is 0.402 e. The molecule has 8 nitrogen and oxygen atoms in total. The first-order valence-electron chi connectivity index (χ1n) is 7.58. The number of carbonyl (C=O) groups is 1. The number of amides is 1. The summed E-state index contributed by atoms with van der Waals surface area (Å²) in [5.74, 6) is 0.0852. The minimum Gasteiger partial charge on any atom is -0.402 e. The molecule has 0 aliphatic rings. The Hall–Kier alpha value is -3.07. The predicted molar refractivity (Wildman–Crippen MR) is 93.2 cm³/mol. The fraction of sp³-hybridized carbons (Fsp3) is 0.188. The molecule has 0 saturated heterocycles. The maximum Gasteiger partial charge on any atom is 0.322 e. The molecular formula is C16H14N6O2S. The van der Waals surface area contributed by atoms with Crippen molar-refractivity contribution < 1.29 is 9.21 Å². The van der Waals surface area contributed by atoms with Gasteiger partial charge in [0.15, 0.2) is 0 Å². The number of anilines is 1. The summed E-state index contributed by atoms with van der Waals surface area (Å²) < 4.78 is 7.30. The summed E-state index contributed by atoms with van der Waals surface area (Å²) in [6.45, 7) is 3.90. The van der Waals surface area contributed by atoms with Gasteiger partial charge in [0.05, 0.1) is 28.1 Å². The van der Waals surface area contributed by atoms with E-state index in [1.807, 2.05) is 38.1 Å². The Labute approximate surface area is 146 Å². The minimum absolute atomic E-state index is 0.0647. The first kappa shape index (κ1) is 15.5. The zero-order valence-electron chi connectivity index (χ0n) is 13.6. The Morgan fingerprint density at radius 3 is 2.92 bits per heavy atom. The van der Waals surface area contributed by atoms with Gasteiger partial charge in [-0.2, -0.15) is 0 Å². The van der Waals surface area contributed by atoms with Crippen LogP contribution in [0, 0.1) is 13.8 Å². The van der Waals surface area contributed by atoms with Gasteiger partial charge in [-0.15, -0.1) is 16.4 Å². The molecule has 0 aliphatic carbocycles. The molecule has 3 heterocycles. The number of thiazole rings is 1. The lowest BCUT2D eigenvalue weighted by molar-refractivity contribution is -0.116. The van der Waals surface area contributed by atoms with Crippen LogP contribution in [0.15, 0.2) is 35.0 Å². The van der Waals surface area contributed by atoms with Gasteiger partial charge in [-0.1, -0.05) is 17.2 Å². The van der Waals surface area contributed by atoms with Crippen molar-refractivity contribution in [2.45, 2.75) is 20.4 Å². The first-order chi connectivity index (χ1) is 12.1. The highest BCUT2D eigenvalue weighted by Gasteiger charge is 2.16. The quantitative estimate of drug-likeness (QED) is 0.605. The summed E-state index contributed by atoms with van der Waals surface area (Å²) in [6, 6.07) is 7.68. The summed E-state index contributed by atoms with van der Waals surface area (Å²) in [7, 11) is 0. The number of aryl methyl sites for hydroxylation is 2. The molecule has 0 fully saturated rings. The fourth-order valence-corrected chi connectivity index (χ4v) is 3.39. The Bertz CT molecular complexity index is 1060. The number of para-hydroxylation sites is 2. The maximum absolute atomic E-state index is 12.2. The van der Waals surface area contributed by atoms with Crippen LogP contribution >= 0.6 is 11.3 Å². The molecule has 0 unspecified atom stereocenters. The summed E-state index contributed by atoms with van der Waals surface area (Å²) in [6.07, 6.45) is 1.63. The van der Waals surface area contributed by atoms with Gasteiger partial charge in [0.1, 0.15) is 11.4 Å². The van der Waals surface area contributed by atoms with E-state index in [4.69, 9.17) is 4.42 Å². The van der Waals surface area contributed by atoms with Crippen LogP contribution in [0.1, 0.15) is 10.7 Å². The molecule has 0 spiro atoms.